The number of aryl methyl sites for hydroxylation is 1. The van der Waals surface area contributed by atoms with Gasteiger partial charge < -0.3 is 15.5 Å². The zero-order valence-corrected chi connectivity index (χ0v) is 10.5. The van der Waals surface area contributed by atoms with E-state index in [0.717, 1.165) is 0 Å². The first-order valence-electron chi connectivity index (χ1n) is 5.62. The second-order valence-corrected chi connectivity index (χ2v) is 3.75. The predicted octanol–water partition coefficient (Wildman–Crippen LogP) is 0.687. The van der Waals surface area contributed by atoms with Crippen molar-refractivity contribution in [3.63, 3.8) is 0 Å². The van der Waals surface area contributed by atoms with E-state index in [1.54, 1.807) is 13.0 Å². The Labute approximate surface area is 109 Å². The number of ether oxygens (including phenoxy) is 1. The molecule has 0 aromatic carbocycles. The number of rotatable bonds is 7. The third-order valence-electron chi connectivity index (χ3n) is 2.14. The predicted molar refractivity (Wildman–Crippen MR) is 65.9 cm³/mol. The molecule has 0 saturated carbocycles. The van der Waals surface area contributed by atoms with E-state index in [0.29, 0.717) is 17.1 Å². The van der Waals surface area contributed by atoms with Crippen LogP contribution in [0.15, 0.2) is 12.1 Å². The number of hydrogen-bond donors (Lipinski definition) is 3. The first-order valence-corrected chi connectivity index (χ1v) is 5.62. The molecular weight excluding hydrogens is 258 g/mol. The SMILES string of the molecule is Cc1cc(C(=O)NCCOCC(F)F)cc(NN)n1. The van der Waals surface area contributed by atoms with Crippen LogP contribution in [0.4, 0.5) is 14.6 Å². The highest BCUT2D eigenvalue weighted by molar-refractivity contribution is 5.94. The van der Waals surface area contributed by atoms with E-state index in [4.69, 9.17) is 5.84 Å². The van der Waals surface area contributed by atoms with Crippen molar-refractivity contribution in [2.24, 2.45) is 5.84 Å². The normalized spacial score (nSPS) is 10.6. The molecule has 0 atom stereocenters. The maximum Gasteiger partial charge on any atom is 0.261 e. The molecular formula is C11H16F2N4O2. The number of nitrogens with two attached hydrogens (primary N) is 1. The van der Waals surface area contributed by atoms with Crippen molar-refractivity contribution >= 4 is 11.7 Å². The number of nitrogens with zero attached hydrogens (tertiary/aromatic N) is 1. The van der Waals surface area contributed by atoms with Crippen molar-refractivity contribution in [3.8, 4) is 0 Å². The Hall–Kier alpha value is -1.80. The standard InChI is InChI=1S/C11H16F2N4O2/c1-7-4-8(5-10(16-7)17-14)11(18)15-2-3-19-6-9(12)13/h4-5,9H,2-3,6,14H2,1H3,(H,15,18)(H,16,17). The third kappa shape index (κ3) is 5.58. The number of halogens is 2. The fourth-order valence-electron chi connectivity index (χ4n) is 1.38. The topological polar surface area (TPSA) is 89.3 Å². The molecule has 8 heteroatoms. The minimum atomic E-state index is -2.50. The number of hydrogen-bond acceptors (Lipinski definition) is 5. The molecule has 0 aliphatic heterocycles. The number of aromatic nitrogens is 1. The van der Waals surface area contributed by atoms with Gasteiger partial charge in [-0.05, 0) is 19.1 Å². The molecule has 0 saturated heterocycles. The van der Waals surface area contributed by atoms with Gasteiger partial charge in [0.05, 0.1) is 6.61 Å². The molecule has 0 aliphatic carbocycles. The van der Waals surface area contributed by atoms with Gasteiger partial charge in [0, 0.05) is 17.8 Å². The lowest BCUT2D eigenvalue weighted by molar-refractivity contribution is 0.0188. The van der Waals surface area contributed by atoms with Crippen molar-refractivity contribution in [2.45, 2.75) is 13.3 Å². The second kappa shape index (κ2) is 7.59. The molecule has 1 aromatic rings. The second-order valence-electron chi connectivity index (χ2n) is 3.75. The number of anilines is 1. The summed E-state index contributed by atoms with van der Waals surface area (Å²) in [6.07, 6.45) is -2.50. The first-order chi connectivity index (χ1) is 9.02. The van der Waals surface area contributed by atoms with Gasteiger partial charge in [-0.3, -0.25) is 4.79 Å². The number of alkyl halides is 2. The summed E-state index contributed by atoms with van der Waals surface area (Å²) < 4.78 is 28.2. The Morgan fingerprint density at radius 2 is 2.26 bits per heavy atom. The number of pyridine rings is 1. The molecule has 106 valence electrons. The molecule has 0 spiro atoms. The zero-order valence-electron chi connectivity index (χ0n) is 10.5. The van der Waals surface area contributed by atoms with Crippen molar-refractivity contribution in [2.75, 3.05) is 25.2 Å². The summed E-state index contributed by atoms with van der Waals surface area (Å²) in [4.78, 5) is 15.8. The van der Waals surface area contributed by atoms with Crippen LogP contribution in [-0.2, 0) is 4.74 Å². The quantitative estimate of drug-likeness (QED) is 0.386. The van der Waals surface area contributed by atoms with E-state index >= 15 is 0 Å². The van der Waals surface area contributed by atoms with Crippen molar-refractivity contribution in [3.05, 3.63) is 23.4 Å². The molecule has 0 bridgehead atoms. The van der Waals surface area contributed by atoms with Crippen LogP contribution in [0.25, 0.3) is 0 Å². The van der Waals surface area contributed by atoms with Gasteiger partial charge in [0.1, 0.15) is 12.4 Å². The lowest BCUT2D eigenvalue weighted by atomic mass is 10.2. The molecule has 1 heterocycles. The fraction of sp³-hybridized carbons (Fsp3) is 0.455. The smallest absolute Gasteiger partial charge is 0.261 e. The highest BCUT2D eigenvalue weighted by Crippen LogP contribution is 2.08. The lowest BCUT2D eigenvalue weighted by Gasteiger charge is -2.08. The van der Waals surface area contributed by atoms with Crippen LogP contribution in [0.5, 0.6) is 0 Å². The van der Waals surface area contributed by atoms with Crippen molar-refractivity contribution in [1.29, 1.82) is 0 Å². The summed E-state index contributed by atoms with van der Waals surface area (Å²) in [6, 6.07) is 3.08. The first kappa shape index (κ1) is 15.3. The van der Waals surface area contributed by atoms with E-state index in [-0.39, 0.29) is 19.1 Å². The van der Waals surface area contributed by atoms with Gasteiger partial charge in [-0.15, -0.1) is 0 Å². The summed E-state index contributed by atoms with van der Waals surface area (Å²) in [5.41, 5.74) is 3.37. The fourth-order valence-corrected chi connectivity index (χ4v) is 1.38. The minimum Gasteiger partial charge on any atom is -0.374 e. The van der Waals surface area contributed by atoms with Gasteiger partial charge in [0.2, 0.25) is 0 Å². The van der Waals surface area contributed by atoms with Gasteiger partial charge in [0.15, 0.2) is 0 Å². The van der Waals surface area contributed by atoms with Gasteiger partial charge in [0.25, 0.3) is 12.3 Å². The summed E-state index contributed by atoms with van der Waals surface area (Å²) in [7, 11) is 0. The van der Waals surface area contributed by atoms with E-state index in [9.17, 15) is 13.6 Å². The van der Waals surface area contributed by atoms with Crippen LogP contribution < -0.4 is 16.6 Å². The van der Waals surface area contributed by atoms with Crippen LogP contribution >= 0.6 is 0 Å². The number of carbonyl (C=O) groups is 1. The summed E-state index contributed by atoms with van der Waals surface area (Å²) in [5, 5.41) is 2.55. The van der Waals surface area contributed by atoms with Crippen LogP contribution in [0.1, 0.15) is 16.1 Å². The van der Waals surface area contributed by atoms with Gasteiger partial charge in [-0.25, -0.2) is 19.6 Å². The zero-order chi connectivity index (χ0) is 14.3. The Bertz CT molecular complexity index is 429. The van der Waals surface area contributed by atoms with Crippen LogP contribution in [-0.4, -0.2) is 37.1 Å². The van der Waals surface area contributed by atoms with Crippen molar-refractivity contribution in [1.82, 2.24) is 10.3 Å². The molecule has 0 fully saturated rings. The highest BCUT2D eigenvalue weighted by atomic mass is 19.3. The molecule has 0 unspecified atom stereocenters. The van der Waals surface area contributed by atoms with Gasteiger partial charge >= 0.3 is 0 Å². The summed E-state index contributed by atoms with van der Waals surface area (Å²) >= 11 is 0. The van der Waals surface area contributed by atoms with Crippen molar-refractivity contribution < 1.29 is 18.3 Å². The van der Waals surface area contributed by atoms with E-state index in [1.165, 1.54) is 6.07 Å². The van der Waals surface area contributed by atoms with E-state index in [2.05, 4.69) is 20.5 Å². The molecule has 19 heavy (non-hydrogen) atoms. The third-order valence-corrected chi connectivity index (χ3v) is 2.14. The molecule has 1 rings (SSSR count). The summed E-state index contributed by atoms with van der Waals surface area (Å²) in [6.45, 7) is 1.27. The highest BCUT2D eigenvalue weighted by Gasteiger charge is 2.08. The van der Waals surface area contributed by atoms with Crippen LogP contribution in [0.2, 0.25) is 0 Å². The Morgan fingerprint density at radius 3 is 2.89 bits per heavy atom. The molecule has 0 radical (unpaired) electrons. The lowest BCUT2D eigenvalue weighted by Crippen LogP contribution is -2.28. The molecule has 1 aromatic heterocycles. The minimum absolute atomic E-state index is 0.0299. The molecule has 1 amide bonds. The van der Waals surface area contributed by atoms with E-state index in [1.807, 2.05) is 0 Å². The molecule has 0 aliphatic rings. The van der Waals surface area contributed by atoms with E-state index < -0.39 is 13.0 Å². The number of nitrogen functional groups attached to an aromatic ring is 1. The largest absolute Gasteiger partial charge is 0.374 e. The van der Waals surface area contributed by atoms with Crippen LogP contribution in [0.3, 0.4) is 0 Å². The Balaban J connectivity index is 2.43. The summed E-state index contributed by atoms with van der Waals surface area (Å²) in [5.74, 6) is 5.25. The Kier molecular flexibility index (Phi) is 6.10. The van der Waals surface area contributed by atoms with Gasteiger partial charge in [-0.1, -0.05) is 0 Å². The maximum absolute atomic E-state index is 11.8. The molecule has 4 N–H and O–H groups in total. The Morgan fingerprint density at radius 1 is 1.53 bits per heavy atom. The number of hydrazine groups is 1. The maximum atomic E-state index is 11.8. The average Bonchev–Trinajstić information content (AvgIpc) is 2.36. The monoisotopic (exact) mass is 274 g/mol. The number of carbonyl (C=O) groups excluding carboxylic acids is 1. The number of amides is 1. The number of nitrogens with one attached hydrogen (secondary N) is 2. The average molecular weight is 274 g/mol. The van der Waals surface area contributed by atoms with Crippen LogP contribution in [0, 0.1) is 6.92 Å². The molecule has 6 nitrogen and oxygen atoms in total. The van der Waals surface area contributed by atoms with Gasteiger partial charge in [-0.2, -0.15) is 0 Å².